The third-order valence-electron chi connectivity index (χ3n) is 2.73. The average Bonchev–Trinajstić information content (AvgIpc) is 2.79. The Morgan fingerprint density at radius 1 is 1.48 bits per heavy atom. The molecule has 0 aliphatic rings. The van der Waals surface area contributed by atoms with Crippen molar-refractivity contribution in [3.63, 3.8) is 0 Å². The molecule has 6 nitrogen and oxygen atoms in total. The predicted octanol–water partition coefficient (Wildman–Crippen LogP) is 1.67. The summed E-state index contributed by atoms with van der Waals surface area (Å²) < 4.78 is 4.97. The van der Waals surface area contributed by atoms with Crippen LogP contribution in [0.2, 0.25) is 0 Å². The minimum absolute atomic E-state index is 0.0215. The van der Waals surface area contributed by atoms with Gasteiger partial charge in [0.1, 0.15) is 17.1 Å². The first-order chi connectivity index (χ1) is 10.1. The van der Waals surface area contributed by atoms with E-state index < -0.39 is 0 Å². The number of pyridine rings is 1. The highest BCUT2D eigenvalue weighted by Crippen LogP contribution is 2.14. The first kappa shape index (κ1) is 14.8. The van der Waals surface area contributed by atoms with Crippen LogP contribution in [0.4, 0.5) is 5.82 Å². The van der Waals surface area contributed by atoms with Crippen LogP contribution in [0.25, 0.3) is 0 Å². The number of nitrogens with one attached hydrogen (secondary N) is 1. The largest absolute Gasteiger partial charge is 0.395 e. The maximum atomic E-state index is 12.2. The van der Waals surface area contributed by atoms with Gasteiger partial charge >= 0.3 is 0 Å². The van der Waals surface area contributed by atoms with E-state index in [1.807, 2.05) is 0 Å². The molecule has 0 atom stereocenters. The van der Waals surface area contributed by atoms with Crippen LogP contribution in [0.1, 0.15) is 33.8 Å². The Hall–Kier alpha value is -2.65. The fourth-order valence-electron chi connectivity index (χ4n) is 1.78. The Labute approximate surface area is 122 Å². The Morgan fingerprint density at radius 3 is 2.95 bits per heavy atom. The number of aromatic nitrogens is 2. The molecule has 0 fully saturated rings. The summed E-state index contributed by atoms with van der Waals surface area (Å²) in [6, 6.07) is 3.40. The number of aliphatic hydroxyl groups excluding tert-OH is 1. The van der Waals surface area contributed by atoms with Gasteiger partial charge < -0.3 is 14.9 Å². The van der Waals surface area contributed by atoms with E-state index in [0.717, 1.165) is 0 Å². The summed E-state index contributed by atoms with van der Waals surface area (Å²) in [5, 5.41) is 15.1. The van der Waals surface area contributed by atoms with Gasteiger partial charge in [0.25, 0.3) is 5.91 Å². The third kappa shape index (κ3) is 3.68. The molecule has 2 heterocycles. The number of nitrogens with zero attached hydrogens (tertiary/aromatic N) is 2. The molecule has 108 valence electrons. The average molecular weight is 285 g/mol. The lowest BCUT2D eigenvalue weighted by Gasteiger charge is -2.04. The highest BCUT2D eigenvalue weighted by molar-refractivity contribution is 6.05. The Morgan fingerprint density at radius 2 is 2.29 bits per heavy atom. The molecular formula is C15H15N3O3. The van der Waals surface area contributed by atoms with Crippen LogP contribution >= 0.6 is 0 Å². The number of amides is 1. The van der Waals surface area contributed by atoms with Crippen molar-refractivity contribution >= 4 is 11.7 Å². The van der Waals surface area contributed by atoms with Crippen LogP contribution in [-0.4, -0.2) is 27.8 Å². The quantitative estimate of drug-likeness (QED) is 0.837. The first-order valence-corrected chi connectivity index (χ1v) is 6.42. The Balaban J connectivity index is 2.15. The molecular weight excluding hydrogens is 270 g/mol. The summed E-state index contributed by atoms with van der Waals surface area (Å²) in [4.78, 5) is 16.2. The highest BCUT2D eigenvalue weighted by Gasteiger charge is 2.17. The molecule has 0 aromatic carbocycles. The zero-order chi connectivity index (χ0) is 15.2. The topological polar surface area (TPSA) is 88.2 Å². The number of rotatable bonds is 3. The summed E-state index contributed by atoms with van der Waals surface area (Å²) in [7, 11) is 0. The summed E-state index contributed by atoms with van der Waals surface area (Å²) in [6.45, 7) is 3.41. The number of anilines is 1. The van der Waals surface area contributed by atoms with Gasteiger partial charge in [-0.3, -0.25) is 4.79 Å². The van der Waals surface area contributed by atoms with Crippen molar-refractivity contribution in [2.75, 3.05) is 11.9 Å². The van der Waals surface area contributed by atoms with Gasteiger partial charge in [-0.15, -0.1) is 0 Å². The molecule has 2 N–H and O–H groups in total. The second-order valence-corrected chi connectivity index (χ2v) is 4.36. The number of hydrogen-bond acceptors (Lipinski definition) is 5. The molecule has 0 unspecified atom stereocenters. The van der Waals surface area contributed by atoms with E-state index >= 15 is 0 Å². The third-order valence-corrected chi connectivity index (χ3v) is 2.73. The van der Waals surface area contributed by atoms with Crippen molar-refractivity contribution in [1.29, 1.82) is 0 Å². The number of carbonyl (C=O) groups excluding carboxylic acids is 1. The summed E-state index contributed by atoms with van der Waals surface area (Å²) in [6.07, 6.45) is 1.97. The van der Waals surface area contributed by atoms with Crippen molar-refractivity contribution in [1.82, 2.24) is 10.1 Å². The molecule has 0 saturated carbocycles. The first-order valence-electron chi connectivity index (χ1n) is 6.42. The van der Waals surface area contributed by atoms with Crippen molar-refractivity contribution in [3.05, 3.63) is 40.9 Å². The molecule has 6 heteroatoms. The molecule has 0 radical (unpaired) electrons. The lowest BCUT2D eigenvalue weighted by molar-refractivity contribution is 0.102. The molecule has 0 aliphatic heterocycles. The maximum absolute atomic E-state index is 12.2. The highest BCUT2D eigenvalue weighted by atomic mass is 16.5. The van der Waals surface area contributed by atoms with Crippen LogP contribution in [-0.2, 0) is 0 Å². The van der Waals surface area contributed by atoms with Crippen molar-refractivity contribution in [2.45, 2.75) is 20.3 Å². The van der Waals surface area contributed by atoms with Gasteiger partial charge in [-0.2, -0.15) is 0 Å². The SMILES string of the molecule is Cc1noc(C)c1C(=O)Nc1cc(C#CCCO)ccn1. The van der Waals surface area contributed by atoms with Crippen LogP contribution in [0.5, 0.6) is 0 Å². The zero-order valence-electron chi connectivity index (χ0n) is 11.8. The molecule has 0 spiro atoms. The molecule has 0 aliphatic carbocycles. The minimum atomic E-state index is -0.320. The van der Waals surface area contributed by atoms with E-state index in [2.05, 4.69) is 27.3 Å². The molecule has 21 heavy (non-hydrogen) atoms. The van der Waals surface area contributed by atoms with Crippen LogP contribution in [0, 0.1) is 25.7 Å². The molecule has 0 saturated heterocycles. The van der Waals surface area contributed by atoms with Gasteiger partial charge in [-0.1, -0.05) is 17.0 Å². The fourth-order valence-corrected chi connectivity index (χ4v) is 1.78. The summed E-state index contributed by atoms with van der Waals surface area (Å²) in [5.41, 5.74) is 1.66. The Kier molecular flexibility index (Phi) is 4.69. The normalized spacial score (nSPS) is 9.86. The molecule has 1 amide bonds. The molecule has 0 bridgehead atoms. The van der Waals surface area contributed by atoms with Gasteiger partial charge in [0, 0.05) is 18.2 Å². The van der Waals surface area contributed by atoms with Gasteiger partial charge in [0.2, 0.25) is 0 Å². The van der Waals surface area contributed by atoms with Crippen molar-refractivity contribution < 1.29 is 14.4 Å². The van der Waals surface area contributed by atoms with Gasteiger partial charge in [0.15, 0.2) is 0 Å². The second-order valence-electron chi connectivity index (χ2n) is 4.36. The van der Waals surface area contributed by atoms with Crippen molar-refractivity contribution in [2.24, 2.45) is 0 Å². The predicted molar refractivity (Wildman–Crippen MR) is 76.7 cm³/mol. The van der Waals surface area contributed by atoms with E-state index in [1.54, 1.807) is 32.2 Å². The Bertz CT molecular complexity index is 691. The van der Waals surface area contributed by atoms with E-state index in [4.69, 9.17) is 9.63 Å². The number of carbonyl (C=O) groups is 1. The van der Waals surface area contributed by atoms with E-state index in [-0.39, 0.29) is 12.5 Å². The molecule has 2 rings (SSSR count). The van der Waals surface area contributed by atoms with Gasteiger partial charge in [0.05, 0.1) is 12.3 Å². The smallest absolute Gasteiger partial charge is 0.262 e. The maximum Gasteiger partial charge on any atom is 0.262 e. The summed E-state index contributed by atoms with van der Waals surface area (Å²) in [5.74, 6) is 6.24. The fraction of sp³-hybridized carbons (Fsp3) is 0.267. The van der Waals surface area contributed by atoms with Gasteiger partial charge in [-0.25, -0.2) is 4.98 Å². The number of hydrogen-bond donors (Lipinski definition) is 2. The standard InChI is InChI=1S/C15H15N3O3/c1-10-14(11(2)21-18-10)15(20)17-13-9-12(6-7-16-13)5-3-4-8-19/h6-7,9,19H,4,8H2,1-2H3,(H,16,17,20). The monoisotopic (exact) mass is 285 g/mol. The van der Waals surface area contributed by atoms with E-state index in [9.17, 15) is 4.79 Å². The zero-order valence-corrected chi connectivity index (χ0v) is 11.8. The molecule has 2 aromatic rings. The second kappa shape index (κ2) is 6.68. The summed E-state index contributed by atoms with van der Waals surface area (Å²) >= 11 is 0. The van der Waals surface area contributed by atoms with Crippen LogP contribution < -0.4 is 5.32 Å². The number of aryl methyl sites for hydroxylation is 2. The molecule has 2 aromatic heterocycles. The van der Waals surface area contributed by atoms with E-state index in [0.29, 0.717) is 34.8 Å². The minimum Gasteiger partial charge on any atom is -0.395 e. The van der Waals surface area contributed by atoms with Crippen LogP contribution in [0.3, 0.4) is 0 Å². The van der Waals surface area contributed by atoms with E-state index in [1.165, 1.54) is 0 Å². The van der Waals surface area contributed by atoms with Crippen LogP contribution in [0.15, 0.2) is 22.9 Å². The van der Waals surface area contributed by atoms with Gasteiger partial charge in [-0.05, 0) is 26.0 Å². The lowest BCUT2D eigenvalue weighted by atomic mass is 10.2. The lowest BCUT2D eigenvalue weighted by Crippen LogP contribution is -2.14. The van der Waals surface area contributed by atoms with Crippen molar-refractivity contribution in [3.8, 4) is 11.8 Å². The number of aliphatic hydroxyl groups is 1.